The van der Waals surface area contributed by atoms with Gasteiger partial charge in [-0.05, 0) is 29.7 Å². The van der Waals surface area contributed by atoms with Crippen molar-refractivity contribution in [3.8, 4) is 0 Å². The third-order valence-electron chi connectivity index (χ3n) is 5.21. The lowest BCUT2D eigenvalue weighted by atomic mass is 10.0. The molecule has 2 heterocycles. The monoisotopic (exact) mass is 408 g/mol. The molecule has 0 aliphatic carbocycles. The van der Waals surface area contributed by atoms with Crippen LogP contribution in [-0.2, 0) is 11.0 Å². The van der Waals surface area contributed by atoms with Gasteiger partial charge in [0.15, 0.2) is 6.54 Å². The van der Waals surface area contributed by atoms with Gasteiger partial charge in [-0.25, -0.2) is 4.98 Å². The number of pyridine rings is 1. The first kappa shape index (κ1) is 21.1. The quantitative estimate of drug-likeness (QED) is 0.795. The minimum absolute atomic E-state index is 0.0353. The van der Waals surface area contributed by atoms with Gasteiger partial charge < -0.3 is 10.2 Å². The van der Waals surface area contributed by atoms with Crippen LogP contribution in [0.5, 0.6) is 0 Å². The van der Waals surface area contributed by atoms with E-state index >= 15 is 0 Å². The minimum atomic E-state index is -4.35. The molecule has 1 amide bonds. The van der Waals surface area contributed by atoms with E-state index in [1.54, 1.807) is 0 Å². The summed E-state index contributed by atoms with van der Waals surface area (Å²) >= 11 is 0. The molecule has 1 fully saturated rings. The van der Waals surface area contributed by atoms with Crippen LogP contribution in [0.15, 0.2) is 42.6 Å². The molecule has 1 aromatic heterocycles. The zero-order valence-corrected chi connectivity index (χ0v) is 16.6. The number of carbonyl (C=O) groups excluding carboxylic acids is 1. The number of carbonyl (C=O) groups is 1. The van der Waals surface area contributed by atoms with Gasteiger partial charge in [-0.3, -0.25) is 9.69 Å². The van der Waals surface area contributed by atoms with Gasteiger partial charge in [-0.15, -0.1) is 0 Å². The average Bonchev–Trinajstić information content (AvgIpc) is 2.68. The van der Waals surface area contributed by atoms with Crippen LogP contribution in [0.4, 0.5) is 24.7 Å². The molecule has 3 N–H and O–H groups in total. The molecule has 0 atom stereocenters. The first-order valence-electron chi connectivity index (χ1n) is 9.79. The molecule has 0 spiro atoms. The number of quaternary nitrogens is 1. The van der Waals surface area contributed by atoms with Crippen molar-refractivity contribution < 1.29 is 27.8 Å². The van der Waals surface area contributed by atoms with Gasteiger partial charge in [-0.1, -0.05) is 26.0 Å². The molecular formula is C21H27F3N4O+2. The Hall–Kier alpha value is -2.61. The molecule has 1 aliphatic rings. The van der Waals surface area contributed by atoms with E-state index in [1.165, 1.54) is 11.6 Å². The lowest BCUT2D eigenvalue weighted by molar-refractivity contribution is -0.892. The van der Waals surface area contributed by atoms with Crippen LogP contribution in [0, 0.1) is 0 Å². The predicted molar refractivity (Wildman–Crippen MR) is 105 cm³/mol. The number of aromatic amines is 1. The first-order chi connectivity index (χ1) is 13.7. The van der Waals surface area contributed by atoms with Gasteiger partial charge in [0, 0.05) is 11.8 Å². The van der Waals surface area contributed by atoms with Crippen LogP contribution >= 0.6 is 0 Å². The third kappa shape index (κ3) is 5.69. The maximum atomic E-state index is 12.7. The minimum Gasteiger partial charge on any atom is -0.321 e. The third-order valence-corrected chi connectivity index (χ3v) is 5.21. The van der Waals surface area contributed by atoms with Crippen molar-refractivity contribution in [3.63, 3.8) is 0 Å². The highest BCUT2D eigenvalue weighted by atomic mass is 19.4. The second kappa shape index (κ2) is 8.82. The van der Waals surface area contributed by atoms with E-state index < -0.39 is 11.7 Å². The van der Waals surface area contributed by atoms with Crippen molar-refractivity contribution in [1.29, 1.82) is 0 Å². The molecule has 156 valence electrons. The van der Waals surface area contributed by atoms with E-state index in [1.807, 2.05) is 29.2 Å². The van der Waals surface area contributed by atoms with Gasteiger partial charge in [0.25, 0.3) is 11.7 Å². The number of anilines is 2. The summed E-state index contributed by atoms with van der Waals surface area (Å²) in [5.74, 6) is 1.07. The number of alkyl halides is 3. The van der Waals surface area contributed by atoms with Gasteiger partial charge in [0.05, 0.1) is 5.56 Å². The topological polar surface area (TPSA) is 50.9 Å². The summed E-state index contributed by atoms with van der Waals surface area (Å²) in [5.41, 5.74) is 1.32. The molecule has 29 heavy (non-hydrogen) atoms. The summed E-state index contributed by atoms with van der Waals surface area (Å²) < 4.78 is 38.0. The van der Waals surface area contributed by atoms with Gasteiger partial charge in [0.1, 0.15) is 32.4 Å². The molecule has 1 saturated heterocycles. The fourth-order valence-corrected chi connectivity index (χ4v) is 3.41. The number of hydrogen-bond acceptors (Lipinski definition) is 2. The molecule has 5 nitrogen and oxygen atoms in total. The Labute approximate surface area is 168 Å². The first-order valence-corrected chi connectivity index (χ1v) is 9.79. The maximum absolute atomic E-state index is 12.7. The lowest BCUT2D eigenvalue weighted by Gasteiger charge is -2.28. The summed E-state index contributed by atoms with van der Waals surface area (Å²) in [6.45, 7) is 7.46. The highest BCUT2D eigenvalue weighted by Gasteiger charge is 2.33. The smallest absolute Gasteiger partial charge is 0.321 e. The number of hydrogen-bond donors (Lipinski definition) is 2. The zero-order chi connectivity index (χ0) is 21.0. The van der Waals surface area contributed by atoms with E-state index in [2.05, 4.69) is 24.1 Å². The molecule has 0 radical (unpaired) electrons. The Kier molecular flexibility index (Phi) is 6.42. The fourth-order valence-electron chi connectivity index (χ4n) is 3.41. The van der Waals surface area contributed by atoms with E-state index in [4.69, 9.17) is 0 Å². The number of aromatic nitrogens is 1. The number of nitrogens with one attached hydrogen (secondary N) is 3. The summed E-state index contributed by atoms with van der Waals surface area (Å²) in [6.07, 6.45) is -3.35. The number of H-pyrrole nitrogens is 1. The highest BCUT2D eigenvalue weighted by Crippen LogP contribution is 2.28. The van der Waals surface area contributed by atoms with E-state index in [-0.39, 0.29) is 5.91 Å². The predicted octanol–water partition coefficient (Wildman–Crippen LogP) is 1.99. The Morgan fingerprint density at radius 3 is 2.31 bits per heavy atom. The second-order valence-corrected chi connectivity index (χ2v) is 7.70. The molecular weight excluding hydrogens is 381 g/mol. The number of rotatable bonds is 5. The van der Waals surface area contributed by atoms with Crippen molar-refractivity contribution in [1.82, 2.24) is 0 Å². The maximum Gasteiger partial charge on any atom is 0.419 e. The Morgan fingerprint density at radius 2 is 1.79 bits per heavy atom. The number of halogens is 3. The standard InChI is InChI=1S/C21H25F3N4O/c1-15(2)16-3-6-18(7-4-16)26-20(29)14-27-9-11-28(12-10-27)19-8-5-17(13-25-19)21(22,23)24/h3-8,13,15H,9-12,14H2,1-2H3,(H,26,29)/p+2. The number of benzene rings is 1. The van der Waals surface area contributed by atoms with Crippen LogP contribution in [-0.4, -0.2) is 38.6 Å². The van der Waals surface area contributed by atoms with Crippen molar-refractivity contribution in [2.24, 2.45) is 0 Å². The molecule has 3 rings (SSSR count). The Balaban J connectivity index is 1.47. The van der Waals surface area contributed by atoms with Gasteiger partial charge in [-0.2, -0.15) is 13.2 Å². The molecule has 0 bridgehead atoms. The Bertz CT molecular complexity index is 811. The number of amides is 1. The molecule has 1 aromatic carbocycles. The molecule has 0 saturated carbocycles. The van der Waals surface area contributed by atoms with Gasteiger partial charge in [0.2, 0.25) is 0 Å². The summed E-state index contributed by atoms with van der Waals surface area (Å²) in [7, 11) is 0. The van der Waals surface area contributed by atoms with E-state index in [9.17, 15) is 18.0 Å². The number of nitrogens with zero attached hydrogens (tertiary/aromatic N) is 1. The van der Waals surface area contributed by atoms with Crippen LogP contribution in [0.1, 0.15) is 30.9 Å². The normalized spacial score (nSPS) is 15.6. The van der Waals surface area contributed by atoms with Crippen molar-refractivity contribution in [2.45, 2.75) is 25.9 Å². The highest BCUT2D eigenvalue weighted by molar-refractivity contribution is 5.91. The SMILES string of the molecule is CC(C)c1ccc(NC(=O)C[NH+]2CCN(c3ccc(C(F)(F)F)c[nH+]3)CC2)cc1. The van der Waals surface area contributed by atoms with Crippen LogP contribution in [0.25, 0.3) is 0 Å². The zero-order valence-electron chi connectivity index (χ0n) is 16.6. The van der Waals surface area contributed by atoms with Crippen molar-refractivity contribution in [2.75, 3.05) is 42.9 Å². The van der Waals surface area contributed by atoms with E-state index in [0.29, 0.717) is 31.4 Å². The molecule has 8 heteroatoms. The average molecular weight is 408 g/mol. The lowest BCUT2D eigenvalue weighted by Crippen LogP contribution is -3.15. The summed E-state index contributed by atoms with van der Waals surface area (Å²) in [6, 6.07) is 10.4. The Morgan fingerprint density at radius 1 is 1.14 bits per heavy atom. The second-order valence-electron chi connectivity index (χ2n) is 7.70. The van der Waals surface area contributed by atoms with Crippen LogP contribution in [0.3, 0.4) is 0 Å². The van der Waals surface area contributed by atoms with Gasteiger partial charge >= 0.3 is 6.18 Å². The largest absolute Gasteiger partial charge is 0.419 e. The summed E-state index contributed by atoms with van der Waals surface area (Å²) in [4.78, 5) is 18.2. The summed E-state index contributed by atoms with van der Waals surface area (Å²) in [5, 5.41) is 2.93. The fraction of sp³-hybridized carbons (Fsp3) is 0.429. The molecule has 1 aliphatic heterocycles. The van der Waals surface area contributed by atoms with E-state index in [0.717, 1.165) is 35.9 Å². The van der Waals surface area contributed by atoms with Crippen molar-refractivity contribution in [3.05, 3.63) is 53.7 Å². The van der Waals surface area contributed by atoms with Crippen LogP contribution in [0.2, 0.25) is 0 Å². The van der Waals surface area contributed by atoms with Crippen LogP contribution < -0.4 is 20.1 Å². The number of piperazine rings is 1. The van der Waals surface area contributed by atoms with Crippen molar-refractivity contribution >= 4 is 17.4 Å². The molecule has 2 aromatic rings. The molecule has 0 unspecified atom stereocenters.